The van der Waals surface area contributed by atoms with Gasteiger partial charge in [-0.1, -0.05) is 66.7 Å². The molecule has 0 saturated carbocycles. The quantitative estimate of drug-likeness (QED) is 0.518. The SMILES string of the molecule is CC(=O)N1c2ccccc2C(C(Cc2ccccc2)N2C(=O)c3ccccc3C2=O)=CC1(C)C. The van der Waals surface area contributed by atoms with Crippen LogP contribution in [0.2, 0.25) is 0 Å². The normalized spacial score (nSPS) is 17.2. The standard InChI is InChI=1S/C29H26N2O3/c1-19(32)31-25-16-10-9-13-21(25)24(18-29(31,2)3)26(17-20-11-5-4-6-12-20)30-27(33)22-14-7-8-15-23(22)28(30)34/h4-16,18,26H,17H2,1-3H3. The first kappa shape index (κ1) is 21.8. The van der Waals surface area contributed by atoms with E-state index in [2.05, 4.69) is 0 Å². The minimum atomic E-state index is -0.636. The van der Waals surface area contributed by atoms with Crippen molar-refractivity contribution >= 4 is 29.0 Å². The third-order valence-corrected chi connectivity index (χ3v) is 6.62. The fraction of sp³-hybridized carbons (Fsp3) is 0.207. The monoisotopic (exact) mass is 450 g/mol. The maximum absolute atomic E-state index is 13.5. The molecule has 3 aromatic rings. The smallest absolute Gasteiger partial charge is 0.262 e. The highest BCUT2D eigenvalue weighted by molar-refractivity contribution is 6.22. The Kier molecular flexibility index (Phi) is 5.20. The molecule has 5 nitrogen and oxygen atoms in total. The van der Waals surface area contributed by atoms with E-state index in [1.165, 1.54) is 4.90 Å². The topological polar surface area (TPSA) is 57.7 Å². The molecule has 0 fully saturated rings. The van der Waals surface area contributed by atoms with Crippen LogP contribution in [0.3, 0.4) is 0 Å². The van der Waals surface area contributed by atoms with E-state index in [9.17, 15) is 14.4 Å². The Labute approximate surface area is 199 Å². The number of fused-ring (bicyclic) bond motifs is 2. The van der Waals surface area contributed by atoms with E-state index in [0.29, 0.717) is 17.5 Å². The summed E-state index contributed by atoms with van der Waals surface area (Å²) in [6, 6.07) is 24.0. The highest BCUT2D eigenvalue weighted by Crippen LogP contribution is 2.43. The fourth-order valence-electron chi connectivity index (χ4n) is 5.27. The Balaban J connectivity index is 1.70. The zero-order valence-corrected chi connectivity index (χ0v) is 19.5. The van der Waals surface area contributed by atoms with Gasteiger partial charge in [-0.05, 0) is 49.6 Å². The number of hydrogen-bond acceptors (Lipinski definition) is 3. The summed E-state index contributed by atoms with van der Waals surface area (Å²) in [6.45, 7) is 5.52. The van der Waals surface area contributed by atoms with Crippen molar-refractivity contribution in [2.45, 2.75) is 38.8 Å². The number of anilines is 1. The summed E-state index contributed by atoms with van der Waals surface area (Å²) < 4.78 is 0. The Morgan fingerprint density at radius 2 is 1.32 bits per heavy atom. The van der Waals surface area contributed by atoms with Crippen LogP contribution >= 0.6 is 0 Å². The average molecular weight is 451 g/mol. The van der Waals surface area contributed by atoms with Gasteiger partial charge in [-0.25, -0.2) is 0 Å². The summed E-state index contributed by atoms with van der Waals surface area (Å²) in [5.74, 6) is -0.633. The first-order valence-corrected chi connectivity index (χ1v) is 11.4. The van der Waals surface area contributed by atoms with Crippen LogP contribution in [0.15, 0.2) is 84.9 Å². The zero-order chi connectivity index (χ0) is 24.0. The van der Waals surface area contributed by atoms with Crippen LogP contribution in [0.1, 0.15) is 52.6 Å². The van der Waals surface area contributed by atoms with Gasteiger partial charge in [0.05, 0.1) is 28.4 Å². The molecule has 1 unspecified atom stereocenters. The van der Waals surface area contributed by atoms with Gasteiger partial charge in [0.15, 0.2) is 0 Å². The van der Waals surface area contributed by atoms with Crippen molar-refractivity contribution in [2.75, 3.05) is 4.90 Å². The number of benzene rings is 3. The highest BCUT2D eigenvalue weighted by atomic mass is 16.2. The summed E-state index contributed by atoms with van der Waals surface area (Å²) in [7, 11) is 0. The lowest BCUT2D eigenvalue weighted by molar-refractivity contribution is -0.117. The van der Waals surface area contributed by atoms with Crippen molar-refractivity contribution in [3.8, 4) is 0 Å². The zero-order valence-electron chi connectivity index (χ0n) is 19.5. The molecular weight excluding hydrogens is 424 g/mol. The van der Waals surface area contributed by atoms with E-state index < -0.39 is 11.6 Å². The van der Waals surface area contributed by atoms with E-state index in [-0.39, 0.29) is 17.7 Å². The molecule has 0 N–H and O–H groups in total. The van der Waals surface area contributed by atoms with Crippen molar-refractivity contribution in [1.29, 1.82) is 0 Å². The molecule has 34 heavy (non-hydrogen) atoms. The third-order valence-electron chi connectivity index (χ3n) is 6.62. The van der Waals surface area contributed by atoms with Gasteiger partial charge in [-0.2, -0.15) is 0 Å². The van der Waals surface area contributed by atoms with Gasteiger partial charge in [0.25, 0.3) is 11.8 Å². The van der Waals surface area contributed by atoms with Crippen molar-refractivity contribution in [3.05, 3.63) is 107 Å². The molecule has 0 spiro atoms. The second-order valence-electron chi connectivity index (χ2n) is 9.36. The lowest BCUT2D eigenvalue weighted by atomic mass is 9.82. The summed E-state index contributed by atoms with van der Waals surface area (Å²) in [6.07, 6.45) is 2.51. The summed E-state index contributed by atoms with van der Waals surface area (Å²) in [5.41, 5.74) is 3.76. The molecule has 170 valence electrons. The predicted molar refractivity (Wildman–Crippen MR) is 133 cm³/mol. The molecule has 0 radical (unpaired) electrons. The van der Waals surface area contributed by atoms with E-state index in [1.807, 2.05) is 74.5 Å². The van der Waals surface area contributed by atoms with Gasteiger partial charge < -0.3 is 4.90 Å². The summed E-state index contributed by atoms with van der Waals surface area (Å²) >= 11 is 0. The number of rotatable bonds is 4. The highest BCUT2D eigenvalue weighted by Gasteiger charge is 2.44. The van der Waals surface area contributed by atoms with Crippen LogP contribution in [0, 0.1) is 0 Å². The van der Waals surface area contributed by atoms with Crippen molar-refractivity contribution in [3.63, 3.8) is 0 Å². The predicted octanol–water partition coefficient (Wildman–Crippen LogP) is 5.12. The Bertz CT molecular complexity index is 1310. The van der Waals surface area contributed by atoms with Crippen LogP contribution in [0.4, 0.5) is 5.69 Å². The number of para-hydroxylation sites is 1. The Morgan fingerprint density at radius 3 is 1.91 bits per heavy atom. The first-order valence-electron chi connectivity index (χ1n) is 11.4. The maximum Gasteiger partial charge on any atom is 0.262 e. The second-order valence-corrected chi connectivity index (χ2v) is 9.36. The molecule has 0 aliphatic carbocycles. The molecule has 0 saturated heterocycles. The summed E-state index contributed by atoms with van der Waals surface area (Å²) in [4.78, 5) is 42.9. The van der Waals surface area contributed by atoms with Crippen LogP contribution in [0.25, 0.3) is 5.57 Å². The van der Waals surface area contributed by atoms with E-state index in [0.717, 1.165) is 22.4 Å². The van der Waals surface area contributed by atoms with Gasteiger partial charge in [0.2, 0.25) is 5.91 Å². The third kappa shape index (κ3) is 3.45. The van der Waals surface area contributed by atoms with Crippen molar-refractivity contribution in [2.24, 2.45) is 0 Å². The van der Waals surface area contributed by atoms with E-state index >= 15 is 0 Å². The molecule has 3 amide bonds. The Morgan fingerprint density at radius 1 is 0.794 bits per heavy atom. The van der Waals surface area contributed by atoms with Gasteiger partial charge in [-0.3, -0.25) is 19.3 Å². The first-order chi connectivity index (χ1) is 16.3. The van der Waals surface area contributed by atoms with Gasteiger partial charge in [-0.15, -0.1) is 0 Å². The second kappa shape index (κ2) is 8.10. The maximum atomic E-state index is 13.5. The molecule has 0 bridgehead atoms. The number of carbonyl (C=O) groups is 3. The van der Waals surface area contributed by atoms with Gasteiger partial charge >= 0.3 is 0 Å². The minimum absolute atomic E-state index is 0.0620. The number of nitrogens with zero attached hydrogens (tertiary/aromatic N) is 2. The van der Waals surface area contributed by atoms with Crippen LogP contribution < -0.4 is 4.90 Å². The minimum Gasteiger partial charge on any atom is -0.303 e. The molecule has 2 aliphatic rings. The molecular formula is C29H26N2O3. The van der Waals surface area contributed by atoms with Gasteiger partial charge in [0.1, 0.15) is 0 Å². The Hall–Kier alpha value is -3.99. The molecule has 3 aromatic carbocycles. The number of carbonyl (C=O) groups excluding carboxylic acids is 3. The van der Waals surface area contributed by atoms with Gasteiger partial charge in [0, 0.05) is 12.5 Å². The average Bonchev–Trinajstić information content (AvgIpc) is 3.07. The lowest BCUT2D eigenvalue weighted by Gasteiger charge is -2.43. The van der Waals surface area contributed by atoms with Crippen LogP contribution in [-0.4, -0.2) is 34.2 Å². The number of imide groups is 1. The van der Waals surface area contributed by atoms with Crippen LogP contribution in [-0.2, 0) is 11.2 Å². The van der Waals surface area contributed by atoms with Crippen molar-refractivity contribution in [1.82, 2.24) is 4.90 Å². The van der Waals surface area contributed by atoms with Crippen molar-refractivity contribution < 1.29 is 14.4 Å². The molecule has 5 rings (SSSR count). The molecule has 2 aliphatic heterocycles. The molecule has 2 heterocycles. The van der Waals surface area contributed by atoms with E-state index in [4.69, 9.17) is 0 Å². The molecule has 1 atom stereocenters. The summed E-state index contributed by atoms with van der Waals surface area (Å²) in [5, 5.41) is 0. The lowest BCUT2D eigenvalue weighted by Crippen LogP contribution is -2.50. The number of hydrogen-bond donors (Lipinski definition) is 0. The van der Waals surface area contributed by atoms with E-state index in [1.54, 1.807) is 36.1 Å². The van der Waals surface area contributed by atoms with Crippen LogP contribution in [0.5, 0.6) is 0 Å². The molecule has 5 heteroatoms. The number of amides is 3. The fourth-order valence-corrected chi connectivity index (χ4v) is 5.27. The molecule has 0 aromatic heterocycles. The largest absolute Gasteiger partial charge is 0.303 e.